The van der Waals surface area contributed by atoms with Gasteiger partial charge in [0.1, 0.15) is 6.33 Å². The average molecular weight is 263 g/mol. The van der Waals surface area contributed by atoms with E-state index in [2.05, 4.69) is 14.9 Å². The van der Waals surface area contributed by atoms with E-state index in [4.69, 9.17) is 0 Å². The van der Waals surface area contributed by atoms with Crippen LogP contribution in [-0.2, 0) is 17.5 Å². The van der Waals surface area contributed by atoms with Crippen molar-refractivity contribution >= 4 is 17.7 Å². The molecule has 94 valence electrons. The Balaban J connectivity index is 2.06. The third kappa shape index (κ3) is 2.89. The number of aromatic nitrogens is 3. The molecule has 6 heteroatoms. The standard InChI is InChI=1S/C12H13N3O2S/c1-15-8-13-14-12(15)18-7-9-4-3-5-10(6-9)11(16)17-2/h3-6,8H,7H2,1-2H3. The van der Waals surface area contributed by atoms with Crippen molar-refractivity contribution in [3.05, 3.63) is 41.7 Å². The van der Waals surface area contributed by atoms with E-state index < -0.39 is 0 Å². The Kier molecular flexibility index (Phi) is 3.99. The van der Waals surface area contributed by atoms with Gasteiger partial charge >= 0.3 is 5.97 Å². The lowest BCUT2D eigenvalue weighted by Gasteiger charge is -2.03. The van der Waals surface area contributed by atoms with Gasteiger partial charge in [0.2, 0.25) is 0 Å². The van der Waals surface area contributed by atoms with Crippen molar-refractivity contribution in [2.24, 2.45) is 7.05 Å². The third-order valence-corrected chi connectivity index (χ3v) is 3.49. The zero-order valence-corrected chi connectivity index (χ0v) is 11.0. The molecule has 0 aliphatic rings. The van der Waals surface area contributed by atoms with Crippen molar-refractivity contribution in [2.45, 2.75) is 10.9 Å². The Morgan fingerprint density at radius 2 is 2.33 bits per heavy atom. The highest BCUT2D eigenvalue weighted by Gasteiger charge is 2.07. The molecule has 0 N–H and O–H groups in total. The number of methoxy groups -OCH3 is 1. The molecule has 0 fully saturated rings. The summed E-state index contributed by atoms with van der Waals surface area (Å²) in [5.74, 6) is 0.415. The zero-order valence-electron chi connectivity index (χ0n) is 10.2. The van der Waals surface area contributed by atoms with Crippen molar-refractivity contribution in [3.8, 4) is 0 Å². The summed E-state index contributed by atoms with van der Waals surface area (Å²) in [4.78, 5) is 11.4. The number of hydrogen-bond donors (Lipinski definition) is 0. The fourth-order valence-corrected chi connectivity index (χ4v) is 2.29. The summed E-state index contributed by atoms with van der Waals surface area (Å²) in [5, 5.41) is 8.65. The van der Waals surface area contributed by atoms with E-state index in [1.807, 2.05) is 29.8 Å². The second-order valence-corrected chi connectivity index (χ2v) is 4.65. The predicted octanol–water partition coefficient (Wildman–Crippen LogP) is 1.89. The molecule has 0 atom stereocenters. The van der Waals surface area contributed by atoms with Gasteiger partial charge in [0.15, 0.2) is 5.16 Å². The molecule has 0 bridgehead atoms. The number of rotatable bonds is 4. The normalized spacial score (nSPS) is 10.3. The lowest BCUT2D eigenvalue weighted by atomic mass is 10.1. The fraction of sp³-hybridized carbons (Fsp3) is 0.250. The molecule has 0 saturated carbocycles. The highest BCUT2D eigenvalue weighted by Crippen LogP contribution is 2.20. The van der Waals surface area contributed by atoms with Crippen LogP contribution < -0.4 is 0 Å². The van der Waals surface area contributed by atoms with Gasteiger partial charge in [-0.3, -0.25) is 0 Å². The van der Waals surface area contributed by atoms with E-state index >= 15 is 0 Å². The summed E-state index contributed by atoms with van der Waals surface area (Å²) in [5.41, 5.74) is 1.61. The minimum absolute atomic E-state index is 0.319. The van der Waals surface area contributed by atoms with Crippen LogP contribution in [0.2, 0.25) is 0 Å². The van der Waals surface area contributed by atoms with E-state index in [9.17, 15) is 4.79 Å². The largest absolute Gasteiger partial charge is 0.465 e. The van der Waals surface area contributed by atoms with Gasteiger partial charge in [0, 0.05) is 12.8 Å². The Bertz CT molecular complexity index is 554. The molecule has 0 spiro atoms. The summed E-state index contributed by atoms with van der Waals surface area (Å²) >= 11 is 1.57. The number of benzene rings is 1. The van der Waals surface area contributed by atoms with Gasteiger partial charge in [-0.2, -0.15) is 0 Å². The maximum absolute atomic E-state index is 11.4. The quantitative estimate of drug-likeness (QED) is 0.623. The van der Waals surface area contributed by atoms with Crippen LogP contribution in [0.5, 0.6) is 0 Å². The minimum Gasteiger partial charge on any atom is -0.465 e. The second kappa shape index (κ2) is 5.68. The lowest BCUT2D eigenvalue weighted by Crippen LogP contribution is -2.01. The van der Waals surface area contributed by atoms with Crippen molar-refractivity contribution in [1.82, 2.24) is 14.8 Å². The molecule has 0 amide bonds. The number of hydrogen-bond acceptors (Lipinski definition) is 5. The highest BCUT2D eigenvalue weighted by molar-refractivity contribution is 7.98. The molecular weight excluding hydrogens is 250 g/mol. The summed E-state index contributed by atoms with van der Waals surface area (Å²) < 4.78 is 6.54. The molecule has 0 unspecified atom stereocenters. The molecule has 1 aromatic carbocycles. The van der Waals surface area contributed by atoms with Crippen LogP contribution in [0.15, 0.2) is 35.7 Å². The Morgan fingerprint density at radius 3 is 3.00 bits per heavy atom. The molecule has 18 heavy (non-hydrogen) atoms. The molecule has 0 radical (unpaired) electrons. The molecule has 0 saturated heterocycles. The SMILES string of the molecule is COC(=O)c1cccc(CSc2nncn2C)c1. The van der Waals surface area contributed by atoms with Crippen LogP contribution in [0.25, 0.3) is 0 Å². The van der Waals surface area contributed by atoms with Crippen molar-refractivity contribution < 1.29 is 9.53 Å². The summed E-state index contributed by atoms with van der Waals surface area (Å²) in [6.07, 6.45) is 1.66. The number of carbonyl (C=O) groups is 1. The first-order valence-corrected chi connectivity index (χ1v) is 6.33. The molecule has 5 nitrogen and oxygen atoms in total. The molecule has 2 aromatic rings. The summed E-state index contributed by atoms with van der Waals surface area (Å²) in [7, 11) is 3.27. The van der Waals surface area contributed by atoms with Crippen LogP contribution in [0.1, 0.15) is 15.9 Å². The van der Waals surface area contributed by atoms with Gasteiger partial charge < -0.3 is 9.30 Å². The van der Waals surface area contributed by atoms with Gasteiger partial charge in [-0.25, -0.2) is 4.79 Å². The minimum atomic E-state index is -0.319. The van der Waals surface area contributed by atoms with E-state index in [1.54, 1.807) is 24.2 Å². The molecular formula is C12H13N3O2S. The van der Waals surface area contributed by atoms with Crippen molar-refractivity contribution in [1.29, 1.82) is 0 Å². The van der Waals surface area contributed by atoms with Crippen LogP contribution in [0.3, 0.4) is 0 Å². The predicted molar refractivity (Wildman–Crippen MR) is 68.3 cm³/mol. The number of thioether (sulfide) groups is 1. The van der Waals surface area contributed by atoms with E-state index in [0.717, 1.165) is 16.5 Å². The van der Waals surface area contributed by atoms with Crippen LogP contribution >= 0.6 is 11.8 Å². The molecule has 1 heterocycles. The van der Waals surface area contributed by atoms with Gasteiger partial charge in [-0.05, 0) is 17.7 Å². The topological polar surface area (TPSA) is 57.0 Å². The Labute approximate surface area is 109 Å². The Morgan fingerprint density at radius 1 is 1.50 bits per heavy atom. The number of nitrogens with zero attached hydrogens (tertiary/aromatic N) is 3. The average Bonchev–Trinajstić information content (AvgIpc) is 2.81. The smallest absolute Gasteiger partial charge is 0.337 e. The molecule has 0 aliphatic carbocycles. The first kappa shape index (κ1) is 12.6. The maximum atomic E-state index is 11.4. The number of aryl methyl sites for hydroxylation is 1. The summed E-state index contributed by atoms with van der Waals surface area (Å²) in [6, 6.07) is 7.38. The fourth-order valence-electron chi connectivity index (χ4n) is 1.46. The number of esters is 1. The van der Waals surface area contributed by atoms with Gasteiger partial charge in [0.25, 0.3) is 0 Å². The van der Waals surface area contributed by atoms with E-state index in [1.165, 1.54) is 7.11 Å². The highest BCUT2D eigenvalue weighted by atomic mass is 32.2. The van der Waals surface area contributed by atoms with Crippen molar-refractivity contribution in [2.75, 3.05) is 7.11 Å². The number of carbonyl (C=O) groups excluding carboxylic acids is 1. The number of ether oxygens (including phenoxy) is 1. The van der Waals surface area contributed by atoms with Gasteiger partial charge in [-0.1, -0.05) is 23.9 Å². The lowest BCUT2D eigenvalue weighted by molar-refractivity contribution is 0.0600. The van der Waals surface area contributed by atoms with E-state index in [0.29, 0.717) is 5.56 Å². The first-order valence-electron chi connectivity index (χ1n) is 5.35. The maximum Gasteiger partial charge on any atom is 0.337 e. The Hall–Kier alpha value is -1.82. The van der Waals surface area contributed by atoms with Crippen LogP contribution in [0.4, 0.5) is 0 Å². The zero-order chi connectivity index (χ0) is 13.0. The van der Waals surface area contributed by atoms with Gasteiger partial charge in [0.05, 0.1) is 12.7 Å². The van der Waals surface area contributed by atoms with Gasteiger partial charge in [-0.15, -0.1) is 10.2 Å². The first-order chi connectivity index (χ1) is 8.70. The molecule has 0 aliphatic heterocycles. The molecule has 2 rings (SSSR count). The summed E-state index contributed by atoms with van der Waals surface area (Å²) in [6.45, 7) is 0. The second-order valence-electron chi connectivity index (χ2n) is 3.71. The van der Waals surface area contributed by atoms with Crippen LogP contribution in [0, 0.1) is 0 Å². The van der Waals surface area contributed by atoms with Crippen LogP contribution in [-0.4, -0.2) is 27.8 Å². The molecule has 1 aromatic heterocycles. The third-order valence-electron chi connectivity index (χ3n) is 2.39. The van der Waals surface area contributed by atoms with Crippen molar-refractivity contribution in [3.63, 3.8) is 0 Å². The van der Waals surface area contributed by atoms with E-state index in [-0.39, 0.29) is 5.97 Å². The monoisotopic (exact) mass is 263 g/mol.